The first-order valence-corrected chi connectivity index (χ1v) is 9.45. The van der Waals surface area contributed by atoms with E-state index >= 15 is 0 Å². The van der Waals surface area contributed by atoms with E-state index < -0.39 is 0 Å². The SMILES string of the molecule is CC1(C)C2CCC(CNc3nccc(N4CCCC4)n3)C3CC321. The summed E-state index contributed by atoms with van der Waals surface area (Å²) < 4.78 is 0. The molecule has 1 saturated heterocycles. The third-order valence-electron chi connectivity index (χ3n) is 7.66. The van der Waals surface area contributed by atoms with Crippen molar-refractivity contribution in [1.82, 2.24) is 9.97 Å². The van der Waals surface area contributed by atoms with Crippen LogP contribution in [0.4, 0.5) is 11.8 Å². The molecule has 3 saturated carbocycles. The van der Waals surface area contributed by atoms with Crippen molar-refractivity contribution in [2.75, 3.05) is 29.9 Å². The number of hydrogen-bond donors (Lipinski definition) is 1. The van der Waals surface area contributed by atoms with E-state index in [1.54, 1.807) is 0 Å². The molecule has 1 N–H and O–H groups in total. The van der Waals surface area contributed by atoms with Crippen molar-refractivity contribution in [2.24, 2.45) is 28.6 Å². The largest absolute Gasteiger partial charge is 0.356 e. The van der Waals surface area contributed by atoms with Gasteiger partial charge in [-0.3, -0.25) is 0 Å². The maximum absolute atomic E-state index is 4.74. The Morgan fingerprint density at radius 1 is 1.26 bits per heavy atom. The number of hydrogen-bond acceptors (Lipinski definition) is 4. The van der Waals surface area contributed by atoms with Gasteiger partial charge in [0.05, 0.1) is 0 Å². The van der Waals surface area contributed by atoms with Crippen molar-refractivity contribution in [3.05, 3.63) is 12.3 Å². The highest BCUT2D eigenvalue weighted by atomic mass is 15.2. The quantitative estimate of drug-likeness (QED) is 0.923. The monoisotopic (exact) mass is 312 g/mol. The Labute approximate surface area is 139 Å². The predicted octanol–water partition coefficient (Wildman–Crippen LogP) is 3.56. The van der Waals surface area contributed by atoms with Crippen LogP contribution in [0.3, 0.4) is 0 Å². The Balaban J connectivity index is 1.23. The van der Waals surface area contributed by atoms with Gasteiger partial charge in [0.2, 0.25) is 5.95 Å². The number of anilines is 2. The van der Waals surface area contributed by atoms with Crippen LogP contribution in [0.1, 0.15) is 46.0 Å². The lowest BCUT2D eigenvalue weighted by Crippen LogP contribution is -2.23. The zero-order valence-corrected chi connectivity index (χ0v) is 14.4. The lowest BCUT2D eigenvalue weighted by molar-refractivity contribution is 0.342. The summed E-state index contributed by atoms with van der Waals surface area (Å²) in [6.45, 7) is 8.32. The van der Waals surface area contributed by atoms with Gasteiger partial charge >= 0.3 is 0 Å². The summed E-state index contributed by atoms with van der Waals surface area (Å²) in [5.74, 6) is 4.72. The van der Waals surface area contributed by atoms with E-state index in [1.165, 1.54) is 32.1 Å². The third kappa shape index (κ3) is 1.90. The topological polar surface area (TPSA) is 41.1 Å². The first-order chi connectivity index (χ1) is 11.1. The Kier molecular flexibility index (Phi) is 2.82. The van der Waals surface area contributed by atoms with Crippen LogP contribution >= 0.6 is 0 Å². The average Bonchev–Trinajstić information content (AvgIpc) is 3.28. The Hall–Kier alpha value is -1.32. The lowest BCUT2D eigenvalue weighted by Gasteiger charge is -2.22. The second-order valence-electron chi connectivity index (χ2n) is 8.78. The smallest absolute Gasteiger partial charge is 0.224 e. The second-order valence-corrected chi connectivity index (χ2v) is 8.78. The molecule has 1 spiro atoms. The van der Waals surface area contributed by atoms with Gasteiger partial charge in [0.15, 0.2) is 0 Å². The highest BCUT2D eigenvalue weighted by Gasteiger charge is 2.84. The fourth-order valence-corrected chi connectivity index (χ4v) is 6.26. The van der Waals surface area contributed by atoms with Crippen LogP contribution in [0, 0.1) is 28.6 Å². The van der Waals surface area contributed by atoms with E-state index in [4.69, 9.17) is 4.98 Å². The third-order valence-corrected chi connectivity index (χ3v) is 7.66. The molecule has 0 amide bonds. The van der Waals surface area contributed by atoms with Crippen LogP contribution in [0.25, 0.3) is 0 Å². The molecule has 124 valence electrons. The van der Waals surface area contributed by atoms with E-state index in [0.717, 1.165) is 54.6 Å². The Morgan fingerprint density at radius 3 is 2.91 bits per heavy atom. The average molecular weight is 312 g/mol. The van der Waals surface area contributed by atoms with Crippen molar-refractivity contribution in [3.8, 4) is 0 Å². The van der Waals surface area contributed by atoms with Crippen LogP contribution in [-0.4, -0.2) is 29.6 Å². The Bertz CT molecular complexity index is 622. The minimum atomic E-state index is 0.624. The molecule has 0 bridgehead atoms. The molecule has 4 fully saturated rings. The van der Waals surface area contributed by atoms with Crippen molar-refractivity contribution in [3.63, 3.8) is 0 Å². The first kappa shape index (κ1) is 14.1. The standard InChI is InChI=1S/C19H28N4/c1-18(2)15-6-5-13(14-11-19(14,15)18)12-21-17-20-8-7-16(22-17)23-9-3-4-10-23/h7-8,13-15H,3-6,9-12H2,1-2H3,(H,20,21,22). The van der Waals surface area contributed by atoms with Crippen LogP contribution in [-0.2, 0) is 0 Å². The van der Waals surface area contributed by atoms with Gasteiger partial charge in [-0.05, 0) is 66.8 Å². The first-order valence-electron chi connectivity index (χ1n) is 9.45. The summed E-state index contributed by atoms with van der Waals surface area (Å²) in [5, 5.41) is 3.55. The number of rotatable bonds is 4. The molecule has 1 aliphatic heterocycles. The van der Waals surface area contributed by atoms with Gasteiger partial charge < -0.3 is 10.2 Å². The predicted molar refractivity (Wildman–Crippen MR) is 92.5 cm³/mol. The van der Waals surface area contributed by atoms with Crippen LogP contribution < -0.4 is 10.2 Å². The molecule has 23 heavy (non-hydrogen) atoms. The summed E-state index contributed by atoms with van der Waals surface area (Å²) in [6, 6.07) is 2.05. The minimum absolute atomic E-state index is 0.624. The van der Waals surface area contributed by atoms with Gasteiger partial charge in [-0.2, -0.15) is 4.98 Å². The fraction of sp³-hybridized carbons (Fsp3) is 0.789. The molecule has 2 heterocycles. The molecule has 3 aliphatic carbocycles. The molecule has 4 nitrogen and oxygen atoms in total. The maximum Gasteiger partial charge on any atom is 0.224 e. The Morgan fingerprint density at radius 2 is 2.09 bits per heavy atom. The summed E-state index contributed by atoms with van der Waals surface area (Å²) in [7, 11) is 0. The number of nitrogens with zero attached hydrogens (tertiary/aromatic N) is 3. The van der Waals surface area contributed by atoms with Gasteiger partial charge in [-0.15, -0.1) is 0 Å². The maximum atomic E-state index is 4.74. The van der Waals surface area contributed by atoms with Gasteiger partial charge in [-0.1, -0.05) is 13.8 Å². The molecule has 5 rings (SSSR count). The highest BCUT2D eigenvalue weighted by Crippen LogP contribution is 2.89. The normalized spacial score (nSPS) is 39.6. The molecule has 0 radical (unpaired) electrons. The molecule has 1 aromatic rings. The van der Waals surface area contributed by atoms with Crippen LogP contribution in [0.5, 0.6) is 0 Å². The number of aromatic nitrogens is 2. The van der Waals surface area contributed by atoms with Gasteiger partial charge in [-0.25, -0.2) is 4.98 Å². The van der Waals surface area contributed by atoms with E-state index in [-0.39, 0.29) is 0 Å². The molecule has 4 unspecified atom stereocenters. The zero-order valence-electron chi connectivity index (χ0n) is 14.4. The van der Waals surface area contributed by atoms with Crippen molar-refractivity contribution in [2.45, 2.75) is 46.0 Å². The summed E-state index contributed by atoms with van der Waals surface area (Å²) >= 11 is 0. The van der Waals surface area contributed by atoms with E-state index in [0.29, 0.717) is 5.41 Å². The summed E-state index contributed by atoms with van der Waals surface area (Å²) in [4.78, 5) is 11.6. The molecule has 1 aromatic heterocycles. The van der Waals surface area contributed by atoms with Crippen LogP contribution in [0.2, 0.25) is 0 Å². The molecular weight excluding hydrogens is 284 g/mol. The second kappa shape index (κ2) is 4.61. The van der Waals surface area contributed by atoms with Crippen molar-refractivity contribution >= 4 is 11.8 Å². The van der Waals surface area contributed by atoms with Crippen molar-refractivity contribution in [1.29, 1.82) is 0 Å². The molecule has 0 aromatic carbocycles. The van der Waals surface area contributed by atoms with Crippen molar-refractivity contribution < 1.29 is 0 Å². The molecular formula is C19H28N4. The van der Waals surface area contributed by atoms with Crippen LogP contribution in [0.15, 0.2) is 12.3 Å². The highest BCUT2D eigenvalue weighted by molar-refractivity contribution is 5.43. The van der Waals surface area contributed by atoms with E-state index in [9.17, 15) is 0 Å². The zero-order chi connectivity index (χ0) is 15.7. The summed E-state index contributed by atoms with van der Waals surface area (Å²) in [5.41, 5.74) is 1.36. The number of nitrogens with one attached hydrogen (secondary N) is 1. The van der Waals surface area contributed by atoms with E-state index in [1.807, 2.05) is 12.3 Å². The van der Waals surface area contributed by atoms with Gasteiger partial charge in [0.1, 0.15) is 5.82 Å². The molecule has 4 heteroatoms. The fourth-order valence-electron chi connectivity index (χ4n) is 6.26. The lowest BCUT2D eigenvalue weighted by atomic mass is 9.89. The minimum Gasteiger partial charge on any atom is -0.356 e. The molecule has 4 aliphatic rings. The summed E-state index contributed by atoms with van der Waals surface area (Å²) in [6.07, 6.45) is 8.78. The van der Waals surface area contributed by atoms with E-state index in [2.05, 4.69) is 29.0 Å². The molecule has 4 atom stereocenters. The van der Waals surface area contributed by atoms with Gasteiger partial charge in [0.25, 0.3) is 0 Å². The van der Waals surface area contributed by atoms with Gasteiger partial charge in [0, 0.05) is 25.8 Å².